The molecule has 0 aliphatic heterocycles. The number of nitrogens with one attached hydrogen (secondary N) is 1. The molecule has 20 heavy (non-hydrogen) atoms. The normalized spacial score (nSPS) is 10.5. The molecule has 3 N–H and O–H groups in total. The van der Waals surface area contributed by atoms with Crippen molar-refractivity contribution in [2.45, 2.75) is 52.1 Å². The number of nitrogens with two attached hydrogens (primary N) is 1. The first kappa shape index (κ1) is 16.7. The van der Waals surface area contributed by atoms with Crippen molar-refractivity contribution in [3.63, 3.8) is 0 Å². The maximum absolute atomic E-state index is 11.3. The summed E-state index contributed by atoms with van der Waals surface area (Å²) in [6.07, 6.45) is 6.48. The van der Waals surface area contributed by atoms with Crippen LogP contribution in [-0.4, -0.2) is 12.5 Å². The molecule has 1 aromatic rings. The van der Waals surface area contributed by atoms with Gasteiger partial charge >= 0.3 is 0 Å². The lowest BCUT2D eigenvalue weighted by Crippen LogP contribution is -2.31. The van der Waals surface area contributed by atoms with Gasteiger partial charge in [0.1, 0.15) is 0 Å². The van der Waals surface area contributed by atoms with Crippen LogP contribution in [0.5, 0.6) is 0 Å². The summed E-state index contributed by atoms with van der Waals surface area (Å²) in [5, 5.41) is 0. The lowest BCUT2D eigenvalue weighted by molar-refractivity contribution is -0.120. The summed E-state index contributed by atoms with van der Waals surface area (Å²) in [6, 6.07) is 7.82. The summed E-state index contributed by atoms with van der Waals surface area (Å²) in [4.78, 5) is 11.3. The first-order valence-corrected chi connectivity index (χ1v) is 7.42. The number of ether oxygens (including phenoxy) is 1. The average molecular weight is 278 g/mol. The van der Waals surface area contributed by atoms with E-state index in [9.17, 15) is 4.79 Å². The molecular weight excluding hydrogens is 252 g/mol. The molecule has 0 spiro atoms. The highest BCUT2D eigenvalue weighted by Gasteiger charge is 2.06. The van der Waals surface area contributed by atoms with Gasteiger partial charge in [-0.15, -0.1) is 0 Å². The van der Waals surface area contributed by atoms with E-state index in [4.69, 9.17) is 10.6 Å². The molecule has 4 nitrogen and oxygen atoms in total. The smallest absolute Gasteiger partial charge is 0.238 e. The first-order chi connectivity index (χ1) is 9.77. The third-order valence-electron chi connectivity index (χ3n) is 3.28. The summed E-state index contributed by atoms with van der Waals surface area (Å²) in [5.74, 6) is 4.94. The molecule has 0 saturated carbocycles. The van der Waals surface area contributed by atoms with Crippen molar-refractivity contribution in [3.05, 3.63) is 35.4 Å². The molecule has 0 bridgehead atoms. The predicted octanol–water partition coefficient (Wildman–Crippen LogP) is 2.71. The minimum absolute atomic E-state index is 0.183. The Bertz CT molecular complexity index is 394. The zero-order valence-electron chi connectivity index (χ0n) is 12.4. The van der Waals surface area contributed by atoms with Crippen LogP contribution in [0, 0.1) is 0 Å². The Balaban J connectivity index is 2.30. The van der Waals surface area contributed by atoms with E-state index < -0.39 is 0 Å². The van der Waals surface area contributed by atoms with Gasteiger partial charge in [-0.3, -0.25) is 10.2 Å². The van der Waals surface area contributed by atoms with E-state index in [1.54, 1.807) is 0 Å². The van der Waals surface area contributed by atoms with E-state index in [0.717, 1.165) is 24.2 Å². The number of hydrazine groups is 1. The standard InChI is InChI=1S/C16H26N2O2/c1-2-3-4-5-8-11-20-13-15-10-7-6-9-14(15)12-16(19)18-17/h6-7,9-10H,2-5,8,11-13,17H2,1H3,(H,18,19). The van der Waals surface area contributed by atoms with Crippen LogP contribution in [0.15, 0.2) is 24.3 Å². The fourth-order valence-corrected chi connectivity index (χ4v) is 2.08. The third kappa shape index (κ3) is 6.68. The van der Waals surface area contributed by atoms with Gasteiger partial charge in [0.05, 0.1) is 13.0 Å². The molecule has 0 aliphatic carbocycles. The Kier molecular flexibility index (Phi) is 8.67. The van der Waals surface area contributed by atoms with E-state index >= 15 is 0 Å². The van der Waals surface area contributed by atoms with Gasteiger partial charge in [-0.05, 0) is 17.5 Å². The van der Waals surface area contributed by atoms with Crippen LogP contribution in [0.3, 0.4) is 0 Å². The van der Waals surface area contributed by atoms with Gasteiger partial charge in [-0.2, -0.15) is 0 Å². The lowest BCUT2D eigenvalue weighted by Gasteiger charge is -2.09. The van der Waals surface area contributed by atoms with Crippen LogP contribution in [-0.2, 0) is 22.6 Å². The van der Waals surface area contributed by atoms with Gasteiger partial charge in [-0.25, -0.2) is 5.84 Å². The fraction of sp³-hybridized carbons (Fsp3) is 0.562. The molecule has 112 valence electrons. The molecule has 0 unspecified atom stereocenters. The lowest BCUT2D eigenvalue weighted by atomic mass is 10.1. The number of hydrogen-bond acceptors (Lipinski definition) is 3. The van der Waals surface area contributed by atoms with E-state index in [0.29, 0.717) is 13.0 Å². The molecule has 4 heteroatoms. The summed E-state index contributed by atoms with van der Waals surface area (Å²) in [6.45, 7) is 3.55. The van der Waals surface area contributed by atoms with Crippen LogP contribution >= 0.6 is 0 Å². The van der Waals surface area contributed by atoms with Crippen LogP contribution in [0.4, 0.5) is 0 Å². The Labute approximate surface area is 121 Å². The molecule has 0 heterocycles. The molecule has 1 rings (SSSR count). The van der Waals surface area contributed by atoms with Gasteiger partial charge in [0.2, 0.25) is 5.91 Å². The monoisotopic (exact) mass is 278 g/mol. The van der Waals surface area contributed by atoms with E-state index in [-0.39, 0.29) is 5.91 Å². The van der Waals surface area contributed by atoms with Crippen LogP contribution < -0.4 is 11.3 Å². The van der Waals surface area contributed by atoms with Crippen molar-refractivity contribution in [1.29, 1.82) is 0 Å². The highest BCUT2D eigenvalue weighted by atomic mass is 16.5. The second-order valence-electron chi connectivity index (χ2n) is 4.98. The van der Waals surface area contributed by atoms with Crippen molar-refractivity contribution in [1.82, 2.24) is 5.43 Å². The van der Waals surface area contributed by atoms with Crippen molar-refractivity contribution >= 4 is 5.91 Å². The molecule has 0 aromatic heterocycles. The van der Waals surface area contributed by atoms with Crippen LogP contribution in [0.2, 0.25) is 0 Å². The van der Waals surface area contributed by atoms with Gasteiger partial charge in [0, 0.05) is 6.61 Å². The Morgan fingerprint density at radius 3 is 2.55 bits per heavy atom. The maximum atomic E-state index is 11.3. The molecule has 0 fully saturated rings. The first-order valence-electron chi connectivity index (χ1n) is 7.42. The minimum Gasteiger partial charge on any atom is -0.377 e. The zero-order chi connectivity index (χ0) is 14.6. The molecule has 1 aromatic carbocycles. The summed E-state index contributed by atoms with van der Waals surface area (Å²) in [7, 11) is 0. The average Bonchev–Trinajstić information content (AvgIpc) is 2.47. The van der Waals surface area contributed by atoms with Gasteiger partial charge in [0.15, 0.2) is 0 Å². The molecular formula is C16H26N2O2. The van der Waals surface area contributed by atoms with Crippen molar-refractivity contribution in [2.75, 3.05) is 6.61 Å². The van der Waals surface area contributed by atoms with Crippen molar-refractivity contribution in [2.24, 2.45) is 5.84 Å². The Morgan fingerprint density at radius 1 is 1.15 bits per heavy atom. The van der Waals surface area contributed by atoms with Gasteiger partial charge < -0.3 is 4.74 Å². The van der Waals surface area contributed by atoms with Crippen molar-refractivity contribution in [3.8, 4) is 0 Å². The van der Waals surface area contributed by atoms with Gasteiger partial charge in [-0.1, -0.05) is 56.9 Å². The van der Waals surface area contributed by atoms with E-state index in [1.807, 2.05) is 24.3 Å². The molecule has 0 radical (unpaired) electrons. The second-order valence-corrected chi connectivity index (χ2v) is 4.98. The second kappa shape index (κ2) is 10.4. The quantitative estimate of drug-likeness (QED) is 0.299. The highest BCUT2D eigenvalue weighted by molar-refractivity contribution is 5.78. The number of carbonyl (C=O) groups excluding carboxylic acids is 1. The van der Waals surface area contributed by atoms with Gasteiger partial charge in [0.25, 0.3) is 0 Å². The topological polar surface area (TPSA) is 64.3 Å². The minimum atomic E-state index is -0.183. The van der Waals surface area contributed by atoms with Crippen LogP contribution in [0.1, 0.15) is 50.2 Å². The molecule has 0 saturated heterocycles. The third-order valence-corrected chi connectivity index (χ3v) is 3.28. The molecule has 0 aliphatic rings. The number of amides is 1. The molecule has 0 atom stereocenters. The Morgan fingerprint density at radius 2 is 1.85 bits per heavy atom. The summed E-state index contributed by atoms with van der Waals surface area (Å²) < 4.78 is 5.69. The SMILES string of the molecule is CCCCCCCOCc1ccccc1CC(=O)NN. The number of hydrogen-bond donors (Lipinski definition) is 2. The molecule has 1 amide bonds. The summed E-state index contributed by atoms with van der Waals surface area (Å²) in [5.41, 5.74) is 4.19. The number of carbonyl (C=O) groups is 1. The number of rotatable bonds is 10. The number of benzene rings is 1. The van der Waals surface area contributed by atoms with E-state index in [1.165, 1.54) is 25.7 Å². The largest absolute Gasteiger partial charge is 0.377 e. The zero-order valence-corrected chi connectivity index (χ0v) is 12.4. The predicted molar refractivity (Wildman–Crippen MR) is 80.9 cm³/mol. The summed E-state index contributed by atoms with van der Waals surface area (Å²) >= 11 is 0. The number of unbranched alkanes of at least 4 members (excludes halogenated alkanes) is 4. The highest BCUT2D eigenvalue weighted by Crippen LogP contribution is 2.11. The Hall–Kier alpha value is -1.39. The fourth-order valence-electron chi connectivity index (χ4n) is 2.08. The van der Waals surface area contributed by atoms with Crippen LogP contribution in [0.25, 0.3) is 0 Å². The van der Waals surface area contributed by atoms with E-state index in [2.05, 4.69) is 12.3 Å². The maximum Gasteiger partial charge on any atom is 0.238 e. The van der Waals surface area contributed by atoms with Crippen molar-refractivity contribution < 1.29 is 9.53 Å².